The molecule has 0 fully saturated rings. The molecule has 1 aromatic heterocycles. The average molecular weight is 409 g/mol. The van der Waals surface area contributed by atoms with Gasteiger partial charge in [-0.2, -0.15) is 0 Å². The summed E-state index contributed by atoms with van der Waals surface area (Å²) < 4.78 is 11.0. The van der Waals surface area contributed by atoms with Crippen molar-refractivity contribution in [2.45, 2.75) is 19.4 Å². The van der Waals surface area contributed by atoms with Crippen molar-refractivity contribution >= 4 is 34.0 Å². The highest BCUT2D eigenvalue weighted by molar-refractivity contribution is 7.14. The van der Waals surface area contributed by atoms with Crippen LogP contribution in [-0.4, -0.2) is 29.5 Å². The number of benzene rings is 2. The standard InChI is InChI=1S/C21H19N3O4S/c1-12-7-8-17-15(9-12)22-18(25)21(2,28-17)19(26)24-20-23-16(11-29-20)13-5-4-6-14(10-13)27-3/h4-11H,1-3H3,(H,22,25)(H,23,24,26). The van der Waals surface area contributed by atoms with Gasteiger partial charge in [-0.1, -0.05) is 18.2 Å². The van der Waals surface area contributed by atoms with E-state index in [1.54, 1.807) is 19.2 Å². The van der Waals surface area contributed by atoms with Crippen LogP contribution in [0, 0.1) is 6.92 Å². The summed E-state index contributed by atoms with van der Waals surface area (Å²) in [6, 6.07) is 12.9. The van der Waals surface area contributed by atoms with Crippen molar-refractivity contribution in [1.82, 2.24) is 4.98 Å². The van der Waals surface area contributed by atoms with E-state index in [9.17, 15) is 9.59 Å². The van der Waals surface area contributed by atoms with Gasteiger partial charge < -0.3 is 14.8 Å². The Morgan fingerprint density at radius 2 is 2.10 bits per heavy atom. The van der Waals surface area contributed by atoms with Crippen molar-refractivity contribution in [2.75, 3.05) is 17.7 Å². The van der Waals surface area contributed by atoms with E-state index >= 15 is 0 Å². The van der Waals surface area contributed by atoms with Crippen LogP contribution in [0.3, 0.4) is 0 Å². The van der Waals surface area contributed by atoms with Gasteiger partial charge in [-0.25, -0.2) is 4.98 Å². The largest absolute Gasteiger partial charge is 0.497 e. The Morgan fingerprint density at radius 1 is 1.28 bits per heavy atom. The van der Waals surface area contributed by atoms with E-state index in [-0.39, 0.29) is 0 Å². The molecule has 2 aromatic carbocycles. The Kier molecular flexibility index (Phi) is 4.71. The van der Waals surface area contributed by atoms with Crippen LogP contribution in [0.15, 0.2) is 47.8 Å². The number of methoxy groups -OCH3 is 1. The molecule has 0 saturated heterocycles. The van der Waals surface area contributed by atoms with Crippen LogP contribution in [0.4, 0.5) is 10.8 Å². The van der Waals surface area contributed by atoms with Gasteiger partial charge in [0.15, 0.2) is 5.13 Å². The second kappa shape index (κ2) is 7.21. The summed E-state index contributed by atoms with van der Waals surface area (Å²) in [6.45, 7) is 3.35. The maximum Gasteiger partial charge on any atom is 0.280 e. The summed E-state index contributed by atoms with van der Waals surface area (Å²) >= 11 is 1.27. The number of thiazole rings is 1. The first-order valence-electron chi connectivity index (χ1n) is 8.91. The van der Waals surface area contributed by atoms with E-state index < -0.39 is 17.4 Å². The van der Waals surface area contributed by atoms with E-state index in [0.29, 0.717) is 22.3 Å². The van der Waals surface area contributed by atoms with Crippen molar-refractivity contribution in [1.29, 1.82) is 0 Å². The number of hydrogen-bond donors (Lipinski definition) is 2. The highest BCUT2D eigenvalue weighted by Crippen LogP contribution is 2.35. The fourth-order valence-corrected chi connectivity index (χ4v) is 3.67. The molecule has 2 heterocycles. The molecular formula is C21H19N3O4S. The van der Waals surface area contributed by atoms with Crippen LogP contribution in [0.2, 0.25) is 0 Å². The first-order chi connectivity index (χ1) is 13.9. The molecule has 3 aromatic rings. The Bertz CT molecular complexity index is 1110. The zero-order valence-corrected chi connectivity index (χ0v) is 16.9. The number of fused-ring (bicyclic) bond motifs is 1. The second-order valence-corrected chi connectivity index (χ2v) is 7.67. The number of nitrogens with zero attached hydrogens (tertiary/aromatic N) is 1. The molecule has 2 amide bonds. The van der Waals surface area contributed by atoms with Crippen LogP contribution in [0.25, 0.3) is 11.3 Å². The Morgan fingerprint density at radius 3 is 2.90 bits per heavy atom. The van der Waals surface area contributed by atoms with Crippen LogP contribution in [-0.2, 0) is 9.59 Å². The number of nitrogens with one attached hydrogen (secondary N) is 2. The molecule has 29 heavy (non-hydrogen) atoms. The van der Waals surface area contributed by atoms with Crippen LogP contribution < -0.4 is 20.1 Å². The van der Waals surface area contributed by atoms with Crippen LogP contribution in [0.1, 0.15) is 12.5 Å². The first-order valence-corrected chi connectivity index (χ1v) is 9.79. The molecule has 1 aliphatic rings. The molecule has 0 radical (unpaired) electrons. The van der Waals surface area contributed by atoms with Gasteiger partial charge in [0.05, 0.1) is 18.5 Å². The number of carbonyl (C=O) groups is 2. The molecule has 0 saturated carbocycles. The monoisotopic (exact) mass is 409 g/mol. The maximum atomic E-state index is 12.9. The zero-order chi connectivity index (χ0) is 20.6. The van der Waals surface area contributed by atoms with E-state index in [2.05, 4.69) is 15.6 Å². The average Bonchev–Trinajstić information content (AvgIpc) is 3.18. The molecule has 8 heteroatoms. The number of rotatable bonds is 4. The minimum absolute atomic E-state index is 0.375. The van der Waals surface area contributed by atoms with Crippen molar-refractivity contribution in [3.05, 3.63) is 53.4 Å². The van der Waals surface area contributed by atoms with Gasteiger partial charge >= 0.3 is 0 Å². The SMILES string of the molecule is COc1cccc(-c2csc(NC(=O)C3(C)Oc4ccc(C)cc4NC3=O)n2)c1. The predicted octanol–water partition coefficient (Wildman–Crippen LogP) is 3.86. The molecule has 0 bridgehead atoms. The highest BCUT2D eigenvalue weighted by atomic mass is 32.1. The minimum Gasteiger partial charge on any atom is -0.497 e. The summed E-state index contributed by atoms with van der Waals surface area (Å²) in [5.41, 5.74) is 1.39. The summed E-state index contributed by atoms with van der Waals surface area (Å²) in [7, 11) is 1.60. The van der Waals surface area contributed by atoms with E-state index in [1.165, 1.54) is 18.3 Å². The van der Waals surface area contributed by atoms with Gasteiger partial charge in [0.25, 0.3) is 17.4 Å². The number of hydrogen-bond acceptors (Lipinski definition) is 6. The fraction of sp³-hybridized carbons (Fsp3) is 0.190. The topological polar surface area (TPSA) is 89.5 Å². The van der Waals surface area contributed by atoms with Crippen molar-refractivity contribution in [2.24, 2.45) is 0 Å². The normalized spacial score (nSPS) is 17.7. The lowest BCUT2D eigenvalue weighted by molar-refractivity contribution is -0.143. The van der Waals surface area contributed by atoms with Crippen molar-refractivity contribution < 1.29 is 19.1 Å². The van der Waals surface area contributed by atoms with Crippen LogP contribution >= 0.6 is 11.3 Å². The van der Waals surface area contributed by atoms with E-state index in [1.807, 2.05) is 42.6 Å². The van der Waals surface area contributed by atoms with E-state index in [0.717, 1.165) is 16.9 Å². The summed E-state index contributed by atoms with van der Waals surface area (Å²) in [5.74, 6) is 0.0456. The maximum absolute atomic E-state index is 12.9. The smallest absolute Gasteiger partial charge is 0.280 e. The molecule has 148 valence electrons. The third-order valence-electron chi connectivity index (χ3n) is 4.65. The van der Waals surface area contributed by atoms with E-state index in [4.69, 9.17) is 9.47 Å². The van der Waals surface area contributed by atoms with Gasteiger partial charge in [0, 0.05) is 10.9 Å². The van der Waals surface area contributed by atoms with Gasteiger partial charge in [-0.05, 0) is 43.7 Å². The number of amides is 2. The lowest BCUT2D eigenvalue weighted by Gasteiger charge is -2.33. The summed E-state index contributed by atoms with van der Waals surface area (Å²) in [6.07, 6.45) is 0. The van der Waals surface area contributed by atoms with Gasteiger partial charge in [-0.3, -0.25) is 14.9 Å². The molecule has 7 nitrogen and oxygen atoms in total. The third kappa shape index (κ3) is 3.54. The van der Waals surface area contributed by atoms with Gasteiger partial charge in [0.1, 0.15) is 11.5 Å². The van der Waals surface area contributed by atoms with Crippen molar-refractivity contribution in [3.8, 4) is 22.8 Å². The van der Waals surface area contributed by atoms with Gasteiger partial charge in [-0.15, -0.1) is 11.3 Å². The number of carbonyl (C=O) groups excluding carboxylic acids is 2. The van der Waals surface area contributed by atoms with Crippen molar-refractivity contribution in [3.63, 3.8) is 0 Å². The first kappa shape index (κ1) is 18.9. The Labute approximate surface area is 171 Å². The highest BCUT2D eigenvalue weighted by Gasteiger charge is 2.47. The third-order valence-corrected chi connectivity index (χ3v) is 5.41. The number of anilines is 2. The predicted molar refractivity (Wildman–Crippen MR) is 112 cm³/mol. The molecule has 1 aliphatic heterocycles. The Balaban J connectivity index is 1.54. The minimum atomic E-state index is -1.70. The second-order valence-electron chi connectivity index (χ2n) is 6.81. The lowest BCUT2D eigenvalue weighted by atomic mass is 10.0. The van der Waals surface area contributed by atoms with Gasteiger partial charge in [0.2, 0.25) is 0 Å². The summed E-state index contributed by atoms with van der Waals surface area (Å²) in [5, 5.41) is 7.64. The molecule has 4 rings (SSSR count). The summed E-state index contributed by atoms with van der Waals surface area (Å²) in [4.78, 5) is 29.9. The fourth-order valence-electron chi connectivity index (χ4n) is 2.95. The molecule has 1 atom stereocenters. The molecular weight excluding hydrogens is 390 g/mol. The lowest BCUT2D eigenvalue weighted by Crippen LogP contribution is -2.56. The molecule has 2 N–H and O–H groups in total. The Hall–Kier alpha value is -3.39. The number of aromatic nitrogens is 1. The number of aryl methyl sites for hydroxylation is 1. The zero-order valence-electron chi connectivity index (χ0n) is 16.1. The quantitative estimate of drug-likeness (QED) is 0.639. The molecule has 0 aliphatic carbocycles. The molecule has 0 spiro atoms. The number of ether oxygens (including phenoxy) is 2. The van der Waals surface area contributed by atoms with Crippen LogP contribution in [0.5, 0.6) is 11.5 Å². The molecule has 1 unspecified atom stereocenters.